The van der Waals surface area contributed by atoms with Crippen LogP contribution in [0.4, 0.5) is 0 Å². The van der Waals surface area contributed by atoms with E-state index in [1.165, 1.54) is 19.3 Å². The van der Waals surface area contributed by atoms with E-state index in [1.807, 2.05) is 0 Å². The fourth-order valence-electron chi connectivity index (χ4n) is 3.02. The van der Waals surface area contributed by atoms with Crippen LogP contribution in [0.25, 0.3) is 0 Å². The fraction of sp³-hybridized carbons (Fsp3) is 0.889. The molecule has 0 rings (SSSR count). The van der Waals surface area contributed by atoms with Crippen LogP contribution in [0.3, 0.4) is 0 Å². The van der Waals surface area contributed by atoms with Crippen molar-refractivity contribution in [3.63, 3.8) is 0 Å². The van der Waals surface area contributed by atoms with Crippen molar-refractivity contribution in [1.29, 1.82) is 0 Å². The Morgan fingerprint density at radius 1 is 0.955 bits per heavy atom. The lowest BCUT2D eigenvalue weighted by Crippen LogP contribution is -2.31. The van der Waals surface area contributed by atoms with Crippen molar-refractivity contribution in [2.24, 2.45) is 11.3 Å². The Labute approximate surface area is 135 Å². The molecule has 0 aliphatic carbocycles. The minimum atomic E-state index is -0.916. The van der Waals surface area contributed by atoms with Crippen LogP contribution < -0.4 is 0 Å². The highest BCUT2D eigenvalue weighted by atomic mass is 16.4. The van der Waals surface area contributed by atoms with Crippen LogP contribution in [-0.4, -0.2) is 22.2 Å². The molecule has 0 aromatic heterocycles. The van der Waals surface area contributed by atoms with Gasteiger partial charge < -0.3 is 10.2 Å². The minimum Gasteiger partial charge on any atom is -0.481 e. The molecule has 0 aromatic carbocycles. The molecular weight excluding hydrogens is 280 g/mol. The van der Waals surface area contributed by atoms with Gasteiger partial charge in [0.2, 0.25) is 0 Å². The van der Waals surface area contributed by atoms with Crippen LogP contribution in [-0.2, 0) is 9.59 Å². The summed E-state index contributed by atoms with van der Waals surface area (Å²) in [5.41, 5.74) is -0.915. The number of hydrogen-bond donors (Lipinski definition) is 2. The molecule has 2 unspecified atom stereocenters. The molecule has 130 valence electrons. The predicted molar refractivity (Wildman–Crippen MR) is 89.0 cm³/mol. The SMILES string of the molecule is CCCCCCC(CCCC)CC(C)(CCC(=O)O)C(=O)O. The number of hydrogen-bond acceptors (Lipinski definition) is 2. The lowest BCUT2D eigenvalue weighted by molar-refractivity contribution is -0.150. The second-order valence-electron chi connectivity index (χ2n) is 6.82. The molecule has 0 aliphatic rings. The molecule has 0 bridgehead atoms. The molecule has 0 fully saturated rings. The van der Waals surface area contributed by atoms with Crippen molar-refractivity contribution >= 4 is 11.9 Å². The van der Waals surface area contributed by atoms with Crippen molar-refractivity contribution in [3.8, 4) is 0 Å². The summed E-state index contributed by atoms with van der Waals surface area (Å²) in [5, 5.41) is 18.4. The van der Waals surface area contributed by atoms with Gasteiger partial charge in [-0.05, 0) is 25.7 Å². The van der Waals surface area contributed by atoms with E-state index in [1.54, 1.807) is 6.92 Å². The van der Waals surface area contributed by atoms with E-state index < -0.39 is 17.4 Å². The van der Waals surface area contributed by atoms with E-state index in [2.05, 4.69) is 13.8 Å². The number of unbranched alkanes of at least 4 members (excludes halogenated alkanes) is 4. The number of rotatable bonds is 14. The molecule has 0 aromatic rings. The number of aliphatic carboxylic acids is 2. The zero-order valence-corrected chi connectivity index (χ0v) is 14.6. The fourth-order valence-corrected chi connectivity index (χ4v) is 3.02. The standard InChI is InChI=1S/C18H34O4/c1-4-6-8-9-11-15(10-7-5-2)14-18(3,17(21)22)13-12-16(19)20/h15H,4-14H2,1-3H3,(H,19,20)(H,21,22). The molecule has 4 nitrogen and oxygen atoms in total. The zero-order chi connectivity index (χ0) is 17.0. The first kappa shape index (κ1) is 20.9. The number of carboxylic acid groups (broad SMARTS) is 2. The Balaban J connectivity index is 4.64. The van der Waals surface area contributed by atoms with Gasteiger partial charge in [-0.25, -0.2) is 0 Å². The molecule has 0 amide bonds. The summed E-state index contributed by atoms with van der Waals surface area (Å²) in [6.45, 7) is 6.04. The Kier molecular flexibility index (Phi) is 10.9. The smallest absolute Gasteiger partial charge is 0.309 e. The second-order valence-corrected chi connectivity index (χ2v) is 6.82. The van der Waals surface area contributed by atoms with Gasteiger partial charge in [0.15, 0.2) is 0 Å². The second kappa shape index (κ2) is 11.5. The van der Waals surface area contributed by atoms with Gasteiger partial charge in [0.05, 0.1) is 5.41 Å². The van der Waals surface area contributed by atoms with Crippen LogP contribution in [0.5, 0.6) is 0 Å². The van der Waals surface area contributed by atoms with E-state index in [-0.39, 0.29) is 12.8 Å². The van der Waals surface area contributed by atoms with E-state index in [9.17, 15) is 14.7 Å². The Hall–Kier alpha value is -1.06. The van der Waals surface area contributed by atoms with Gasteiger partial charge >= 0.3 is 11.9 Å². The molecule has 0 heterocycles. The normalized spacial score (nSPS) is 15.2. The summed E-state index contributed by atoms with van der Waals surface area (Å²) >= 11 is 0. The average Bonchev–Trinajstić information content (AvgIpc) is 2.46. The highest BCUT2D eigenvalue weighted by molar-refractivity contribution is 5.75. The minimum absolute atomic E-state index is 0.0703. The van der Waals surface area contributed by atoms with Gasteiger partial charge in [0.25, 0.3) is 0 Å². The zero-order valence-electron chi connectivity index (χ0n) is 14.6. The third-order valence-electron chi connectivity index (χ3n) is 4.58. The summed E-state index contributed by atoms with van der Waals surface area (Å²) in [6.07, 6.45) is 9.89. The highest BCUT2D eigenvalue weighted by Gasteiger charge is 2.35. The quantitative estimate of drug-likeness (QED) is 0.437. The Morgan fingerprint density at radius 2 is 1.55 bits per heavy atom. The number of carbonyl (C=O) groups is 2. The van der Waals surface area contributed by atoms with E-state index in [0.717, 1.165) is 32.1 Å². The maximum Gasteiger partial charge on any atom is 0.309 e. The molecule has 0 saturated heterocycles. The van der Waals surface area contributed by atoms with Gasteiger partial charge in [-0.2, -0.15) is 0 Å². The molecule has 2 N–H and O–H groups in total. The van der Waals surface area contributed by atoms with E-state index >= 15 is 0 Å². The summed E-state index contributed by atoms with van der Waals surface area (Å²) in [6, 6.07) is 0. The lowest BCUT2D eigenvalue weighted by atomic mass is 9.74. The summed E-state index contributed by atoms with van der Waals surface area (Å²) in [5.74, 6) is -1.38. The van der Waals surface area contributed by atoms with Gasteiger partial charge in [-0.15, -0.1) is 0 Å². The van der Waals surface area contributed by atoms with Crippen LogP contribution in [0.2, 0.25) is 0 Å². The molecule has 0 saturated carbocycles. The molecule has 0 spiro atoms. The molecule has 22 heavy (non-hydrogen) atoms. The van der Waals surface area contributed by atoms with Crippen LogP contribution >= 0.6 is 0 Å². The Bertz CT molecular complexity index is 327. The highest BCUT2D eigenvalue weighted by Crippen LogP contribution is 2.36. The maximum absolute atomic E-state index is 11.6. The van der Waals surface area contributed by atoms with E-state index in [0.29, 0.717) is 12.3 Å². The van der Waals surface area contributed by atoms with E-state index in [4.69, 9.17) is 5.11 Å². The van der Waals surface area contributed by atoms with Crippen molar-refractivity contribution in [2.45, 2.75) is 91.4 Å². The first-order valence-electron chi connectivity index (χ1n) is 8.81. The summed E-state index contributed by atoms with van der Waals surface area (Å²) < 4.78 is 0. The third-order valence-corrected chi connectivity index (χ3v) is 4.58. The van der Waals surface area contributed by atoms with Crippen molar-refractivity contribution < 1.29 is 19.8 Å². The van der Waals surface area contributed by atoms with Crippen molar-refractivity contribution in [1.82, 2.24) is 0 Å². The average molecular weight is 314 g/mol. The van der Waals surface area contributed by atoms with Gasteiger partial charge in [-0.1, -0.05) is 65.2 Å². The first-order chi connectivity index (χ1) is 10.4. The summed E-state index contributed by atoms with van der Waals surface area (Å²) in [7, 11) is 0. The molecule has 4 heteroatoms. The molecular formula is C18H34O4. The van der Waals surface area contributed by atoms with Crippen LogP contribution in [0, 0.1) is 11.3 Å². The largest absolute Gasteiger partial charge is 0.481 e. The Morgan fingerprint density at radius 3 is 2.05 bits per heavy atom. The van der Waals surface area contributed by atoms with Gasteiger partial charge in [0, 0.05) is 6.42 Å². The lowest BCUT2D eigenvalue weighted by Gasteiger charge is -2.29. The molecule has 0 aliphatic heterocycles. The van der Waals surface area contributed by atoms with Gasteiger partial charge in [0.1, 0.15) is 0 Å². The maximum atomic E-state index is 11.6. The van der Waals surface area contributed by atoms with Crippen molar-refractivity contribution in [2.75, 3.05) is 0 Å². The topological polar surface area (TPSA) is 74.6 Å². The van der Waals surface area contributed by atoms with Crippen LogP contribution in [0.1, 0.15) is 91.4 Å². The third kappa shape index (κ3) is 9.06. The number of carboxylic acids is 2. The summed E-state index contributed by atoms with van der Waals surface area (Å²) in [4.78, 5) is 22.4. The monoisotopic (exact) mass is 314 g/mol. The molecule has 0 radical (unpaired) electrons. The van der Waals surface area contributed by atoms with Crippen molar-refractivity contribution in [3.05, 3.63) is 0 Å². The van der Waals surface area contributed by atoms with Gasteiger partial charge in [-0.3, -0.25) is 9.59 Å². The molecule has 2 atom stereocenters. The van der Waals surface area contributed by atoms with Crippen LogP contribution in [0.15, 0.2) is 0 Å². The predicted octanol–water partition coefficient (Wildman–Crippen LogP) is 5.11. The first-order valence-corrected chi connectivity index (χ1v) is 8.81.